The van der Waals surface area contributed by atoms with Crippen LogP contribution >= 0.6 is 15.9 Å². The molecule has 0 unspecified atom stereocenters. The molecule has 1 aliphatic heterocycles. The fourth-order valence-corrected chi connectivity index (χ4v) is 3.00. The molecule has 1 fully saturated rings. The molecular formula is C19H20BrN3O3. The van der Waals surface area contributed by atoms with Gasteiger partial charge in [0.15, 0.2) is 0 Å². The van der Waals surface area contributed by atoms with Crippen molar-refractivity contribution in [3.63, 3.8) is 0 Å². The molecule has 0 bridgehead atoms. The molecule has 0 atom stereocenters. The molecule has 0 spiro atoms. The maximum atomic E-state index is 12.3. The lowest BCUT2D eigenvalue weighted by molar-refractivity contribution is -0.132. The summed E-state index contributed by atoms with van der Waals surface area (Å²) in [6.07, 6.45) is 0. The Bertz CT molecular complexity index is 819. The molecular weight excluding hydrogens is 398 g/mol. The molecule has 2 aromatic rings. The minimum absolute atomic E-state index is 0.576. The highest BCUT2D eigenvalue weighted by Crippen LogP contribution is 2.26. The summed E-state index contributed by atoms with van der Waals surface area (Å²) in [5.41, 5.74) is 3.05. The first-order chi connectivity index (χ1) is 12.5. The Morgan fingerprint density at radius 3 is 2.46 bits per heavy atom. The Morgan fingerprint density at radius 2 is 1.73 bits per heavy atom. The number of halogens is 1. The highest BCUT2D eigenvalue weighted by molar-refractivity contribution is 9.10. The van der Waals surface area contributed by atoms with Crippen molar-refractivity contribution in [3.8, 4) is 0 Å². The summed E-state index contributed by atoms with van der Waals surface area (Å²) in [5, 5.41) is 5.33. The van der Waals surface area contributed by atoms with Crippen LogP contribution in [-0.4, -0.2) is 38.1 Å². The SMILES string of the molecule is Cc1cc(NC(=O)C(=O)Nc2ccccc2N2CCOCC2)ccc1Br. The average molecular weight is 418 g/mol. The highest BCUT2D eigenvalue weighted by Gasteiger charge is 2.19. The van der Waals surface area contributed by atoms with E-state index in [1.807, 2.05) is 31.2 Å². The van der Waals surface area contributed by atoms with Gasteiger partial charge in [-0.15, -0.1) is 0 Å². The van der Waals surface area contributed by atoms with E-state index in [2.05, 4.69) is 31.5 Å². The smallest absolute Gasteiger partial charge is 0.314 e. The standard InChI is InChI=1S/C19H20BrN3O3/c1-13-12-14(6-7-15(13)20)21-18(24)19(25)22-16-4-2-3-5-17(16)23-8-10-26-11-9-23/h2-7,12H,8-11H2,1H3,(H,21,24)(H,22,25). The van der Waals surface area contributed by atoms with Crippen LogP contribution < -0.4 is 15.5 Å². The largest absolute Gasteiger partial charge is 0.378 e. The van der Waals surface area contributed by atoms with E-state index in [1.165, 1.54) is 0 Å². The highest BCUT2D eigenvalue weighted by atomic mass is 79.9. The monoisotopic (exact) mass is 417 g/mol. The van der Waals surface area contributed by atoms with Gasteiger partial charge >= 0.3 is 11.8 Å². The summed E-state index contributed by atoms with van der Waals surface area (Å²) in [6, 6.07) is 12.8. The Kier molecular flexibility index (Phi) is 5.90. The Balaban J connectivity index is 1.69. The van der Waals surface area contributed by atoms with Crippen LogP contribution in [0.25, 0.3) is 0 Å². The molecule has 2 N–H and O–H groups in total. The molecule has 26 heavy (non-hydrogen) atoms. The van der Waals surface area contributed by atoms with E-state index in [4.69, 9.17) is 4.74 Å². The number of hydrogen-bond acceptors (Lipinski definition) is 4. The molecule has 1 aliphatic rings. The van der Waals surface area contributed by atoms with E-state index < -0.39 is 11.8 Å². The minimum atomic E-state index is -0.705. The number of benzene rings is 2. The zero-order valence-corrected chi connectivity index (χ0v) is 16.0. The fourth-order valence-electron chi connectivity index (χ4n) is 2.75. The molecule has 3 rings (SSSR count). The first-order valence-electron chi connectivity index (χ1n) is 8.35. The van der Waals surface area contributed by atoms with Gasteiger partial charge in [-0.05, 0) is 42.8 Å². The van der Waals surface area contributed by atoms with Gasteiger partial charge in [-0.1, -0.05) is 28.1 Å². The number of para-hydroxylation sites is 2. The molecule has 1 heterocycles. The number of carbonyl (C=O) groups is 2. The van der Waals surface area contributed by atoms with Gasteiger partial charge in [0.05, 0.1) is 24.6 Å². The van der Waals surface area contributed by atoms with Gasteiger partial charge in [-0.3, -0.25) is 9.59 Å². The molecule has 7 heteroatoms. The lowest BCUT2D eigenvalue weighted by Crippen LogP contribution is -2.37. The van der Waals surface area contributed by atoms with Crippen LogP contribution in [0.1, 0.15) is 5.56 Å². The van der Waals surface area contributed by atoms with E-state index in [-0.39, 0.29) is 0 Å². The second kappa shape index (κ2) is 8.33. The van der Waals surface area contributed by atoms with Crippen molar-refractivity contribution >= 4 is 44.8 Å². The van der Waals surface area contributed by atoms with Crippen molar-refractivity contribution in [3.05, 3.63) is 52.5 Å². The number of rotatable bonds is 3. The summed E-state index contributed by atoms with van der Waals surface area (Å²) >= 11 is 3.41. The minimum Gasteiger partial charge on any atom is -0.378 e. The predicted molar refractivity (Wildman–Crippen MR) is 106 cm³/mol. The van der Waals surface area contributed by atoms with Gasteiger partial charge in [-0.25, -0.2) is 0 Å². The number of amides is 2. The second-order valence-electron chi connectivity index (χ2n) is 5.99. The van der Waals surface area contributed by atoms with Crippen LogP contribution in [0.5, 0.6) is 0 Å². The van der Waals surface area contributed by atoms with Gasteiger partial charge in [0, 0.05) is 23.2 Å². The molecule has 0 saturated carbocycles. The molecule has 6 nitrogen and oxygen atoms in total. The number of morpholine rings is 1. The van der Waals surface area contributed by atoms with Gasteiger partial charge in [0.1, 0.15) is 0 Å². The van der Waals surface area contributed by atoms with Crippen molar-refractivity contribution in [2.24, 2.45) is 0 Å². The number of ether oxygens (including phenoxy) is 1. The van der Waals surface area contributed by atoms with Crippen LogP contribution in [0, 0.1) is 6.92 Å². The van der Waals surface area contributed by atoms with Crippen molar-refractivity contribution < 1.29 is 14.3 Å². The van der Waals surface area contributed by atoms with E-state index in [0.29, 0.717) is 24.6 Å². The van der Waals surface area contributed by atoms with E-state index in [9.17, 15) is 9.59 Å². The topological polar surface area (TPSA) is 70.7 Å². The maximum Gasteiger partial charge on any atom is 0.314 e. The van der Waals surface area contributed by atoms with E-state index in [0.717, 1.165) is 28.8 Å². The van der Waals surface area contributed by atoms with Gasteiger partial charge < -0.3 is 20.3 Å². The Hall–Kier alpha value is -2.38. The number of aryl methyl sites for hydroxylation is 1. The number of nitrogens with one attached hydrogen (secondary N) is 2. The van der Waals surface area contributed by atoms with Crippen LogP contribution in [-0.2, 0) is 14.3 Å². The van der Waals surface area contributed by atoms with Crippen LogP contribution in [0.15, 0.2) is 46.9 Å². The molecule has 2 aromatic carbocycles. The zero-order chi connectivity index (χ0) is 18.5. The summed E-state index contributed by atoms with van der Waals surface area (Å²) in [4.78, 5) is 26.7. The summed E-state index contributed by atoms with van der Waals surface area (Å²) < 4.78 is 6.31. The number of carbonyl (C=O) groups excluding carboxylic acids is 2. The van der Waals surface area contributed by atoms with Crippen molar-refractivity contribution in [1.82, 2.24) is 0 Å². The number of hydrogen-bond donors (Lipinski definition) is 2. The lowest BCUT2D eigenvalue weighted by Gasteiger charge is -2.30. The first-order valence-corrected chi connectivity index (χ1v) is 9.14. The molecule has 1 saturated heterocycles. The van der Waals surface area contributed by atoms with Crippen LogP contribution in [0.3, 0.4) is 0 Å². The fraction of sp³-hybridized carbons (Fsp3) is 0.263. The molecule has 0 aromatic heterocycles. The molecule has 0 radical (unpaired) electrons. The molecule has 136 valence electrons. The van der Waals surface area contributed by atoms with Gasteiger partial charge in [0.2, 0.25) is 0 Å². The third-order valence-electron chi connectivity index (χ3n) is 4.13. The summed E-state index contributed by atoms with van der Waals surface area (Å²) in [6.45, 7) is 4.70. The van der Waals surface area contributed by atoms with E-state index >= 15 is 0 Å². The molecule has 2 amide bonds. The van der Waals surface area contributed by atoms with Gasteiger partial charge in [0.25, 0.3) is 0 Å². The normalized spacial score (nSPS) is 14.0. The summed E-state index contributed by atoms with van der Waals surface area (Å²) in [7, 11) is 0. The first kappa shape index (κ1) is 18.4. The quantitative estimate of drug-likeness (QED) is 0.752. The zero-order valence-electron chi connectivity index (χ0n) is 14.4. The lowest BCUT2D eigenvalue weighted by atomic mass is 10.2. The van der Waals surface area contributed by atoms with Crippen molar-refractivity contribution in [2.75, 3.05) is 41.8 Å². The number of nitrogens with zero attached hydrogens (tertiary/aromatic N) is 1. The maximum absolute atomic E-state index is 12.3. The average Bonchev–Trinajstić information content (AvgIpc) is 2.66. The Labute approximate surface area is 160 Å². The van der Waals surface area contributed by atoms with Gasteiger partial charge in [-0.2, -0.15) is 0 Å². The number of anilines is 3. The third kappa shape index (κ3) is 4.42. The second-order valence-corrected chi connectivity index (χ2v) is 6.84. The predicted octanol–water partition coefficient (Wildman–Crippen LogP) is 3.17. The Morgan fingerprint density at radius 1 is 1.04 bits per heavy atom. The third-order valence-corrected chi connectivity index (χ3v) is 5.02. The van der Waals surface area contributed by atoms with Crippen LogP contribution in [0.2, 0.25) is 0 Å². The van der Waals surface area contributed by atoms with Crippen molar-refractivity contribution in [2.45, 2.75) is 6.92 Å². The molecule has 0 aliphatic carbocycles. The van der Waals surface area contributed by atoms with E-state index in [1.54, 1.807) is 18.2 Å². The van der Waals surface area contributed by atoms with Crippen molar-refractivity contribution in [1.29, 1.82) is 0 Å². The van der Waals surface area contributed by atoms with Crippen LogP contribution in [0.4, 0.5) is 17.1 Å². The summed E-state index contributed by atoms with van der Waals surface area (Å²) in [5.74, 6) is -1.41.